The second-order valence-corrected chi connectivity index (χ2v) is 7.96. The number of nitrogens with one attached hydrogen (secondary N) is 1. The lowest BCUT2D eigenvalue weighted by molar-refractivity contribution is -0.129. The third kappa shape index (κ3) is 5.11. The summed E-state index contributed by atoms with van der Waals surface area (Å²) in [6, 6.07) is 3.13. The average Bonchev–Trinajstić information content (AvgIpc) is 3.00. The molecule has 1 heterocycles. The van der Waals surface area contributed by atoms with Crippen LogP contribution in [0.1, 0.15) is 45.7 Å². The number of amides is 2. The molecule has 2 amide bonds. The van der Waals surface area contributed by atoms with Crippen molar-refractivity contribution in [3.05, 3.63) is 34.6 Å². The summed E-state index contributed by atoms with van der Waals surface area (Å²) < 4.78 is 25.0. The predicted molar refractivity (Wildman–Crippen MR) is 100 cm³/mol. The first kappa shape index (κ1) is 21.4. The fourth-order valence-electron chi connectivity index (χ4n) is 3.08. The van der Waals surface area contributed by atoms with Crippen LogP contribution in [0.2, 0.25) is 5.02 Å². The molecular weight excluding hydrogens is 375 g/mol. The van der Waals surface area contributed by atoms with Gasteiger partial charge in [-0.3, -0.25) is 9.69 Å². The van der Waals surface area contributed by atoms with Crippen LogP contribution < -0.4 is 5.32 Å². The van der Waals surface area contributed by atoms with E-state index >= 15 is 0 Å². The highest BCUT2D eigenvalue weighted by Gasteiger charge is 2.44. The first-order valence-electron chi connectivity index (χ1n) is 8.82. The average molecular weight is 401 g/mol. The van der Waals surface area contributed by atoms with Crippen LogP contribution in [0, 0.1) is 5.82 Å². The van der Waals surface area contributed by atoms with Gasteiger partial charge in [-0.2, -0.15) is 0 Å². The van der Waals surface area contributed by atoms with E-state index in [4.69, 9.17) is 21.1 Å². The molecule has 3 atom stereocenters. The summed E-state index contributed by atoms with van der Waals surface area (Å²) in [5, 5.41) is 2.74. The molecule has 8 heteroatoms. The topological polar surface area (TPSA) is 67.9 Å². The molecule has 0 unspecified atom stereocenters. The highest BCUT2D eigenvalue weighted by Crippen LogP contribution is 2.26. The molecule has 1 aliphatic heterocycles. The van der Waals surface area contributed by atoms with Crippen LogP contribution in [0.25, 0.3) is 0 Å². The number of nitrogens with zero attached hydrogens (tertiary/aromatic N) is 1. The van der Waals surface area contributed by atoms with Crippen LogP contribution in [-0.4, -0.2) is 48.3 Å². The molecule has 1 fully saturated rings. The number of halogens is 2. The van der Waals surface area contributed by atoms with E-state index in [9.17, 15) is 14.0 Å². The van der Waals surface area contributed by atoms with E-state index in [0.29, 0.717) is 13.0 Å². The third-order valence-corrected chi connectivity index (χ3v) is 4.64. The van der Waals surface area contributed by atoms with Gasteiger partial charge in [0.15, 0.2) is 0 Å². The minimum atomic E-state index is -0.852. The Balaban J connectivity index is 2.17. The van der Waals surface area contributed by atoms with Crippen molar-refractivity contribution in [2.45, 2.75) is 57.9 Å². The Bertz CT molecular complexity index is 707. The summed E-state index contributed by atoms with van der Waals surface area (Å²) in [5.41, 5.74) is -0.410. The summed E-state index contributed by atoms with van der Waals surface area (Å²) in [7, 11) is 1.49. The Hall–Kier alpha value is -1.86. The second kappa shape index (κ2) is 8.44. The van der Waals surface area contributed by atoms with E-state index in [0.717, 1.165) is 0 Å². The Morgan fingerprint density at radius 3 is 2.63 bits per heavy atom. The van der Waals surface area contributed by atoms with Gasteiger partial charge < -0.3 is 14.8 Å². The maximum Gasteiger partial charge on any atom is 0.411 e. The van der Waals surface area contributed by atoms with Crippen molar-refractivity contribution >= 4 is 23.6 Å². The molecule has 27 heavy (non-hydrogen) atoms. The van der Waals surface area contributed by atoms with Crippen molar-refractivity contribution in [2.24, 2.45) is 0 Å². The molecule has 150 valence electrons. The number of ether oxygens (including phenoxy) is 2. The van der Waals surface area contributed by atoms with Crippen molar-refractivity contribution < 1.29 is 23.5 Å². The summed E-state index contributed by atoms with van der Waals surface area (Å²) in [5.74, 6) is -1.01. The molecule has 1 N–H and O–H groups in total. The van der Waals surface area contributed by atoms with Crippen LogP contribution in [-0.2, 0) is 14.3 Å². The fourth-order valence-corrected chi connectivity index (χ4v) is 3.26. The molecule has 1 aromatic rings. The van der Waals surface area contributed by atoms with Gasteiger partial charge in [0, 0.05) is 19.2 Å². The van der Waals surface area contributed by atoms with Gasteiger partial charge in [0.1, 0.15) is 17.5 Å². The molecule has 1 saturated heterocycles. The smallest absolute Gasteiger partial charge is 0.411 e. The fraction of sp³-hybridized carbons (Fsp3) is 0.579. The first-order valence-corrected chi connectivity index (χ1v) is 9.19. The van der Waals surface area contributed by atoms with Gasteiger partial charge in [-0.1, -0.05) is 23.7 Å². The minimum absolute atomic E-state index is 0.0142. The number of methoxy groups -OCH3 is 1. The number of benzene rings is 1. The van der Waals surface area contributed by atoms with Gasteiger partial charge >= 0.3 is 6.09 Å². The van der Waals surface area contributed by atoms with Gasteiger partial charge in [-0.25, -0.2) is 9.18 Å². The van der Waals surface area contributed by atoms with Crippen LogP contribution in [0.4, 0.5) is 9.18 Å². The summed E-state index contributed by atoms with van der Waals surface area (Å²) >= 11 is 5.82. The molecule has 2 rings (SSSR count). The zero-order chi connectivity index (χ0) is 20.4. The van der Waals surface area contributed by atoms with Gasteiger partial charge in [-0.05, 0) is 40.2 Å². The quantitative estimate of drug-likeness (QED) is 0.837. The predicted octanol–water partition coefficient (Wildman–Crippen LogP) is 3.68. The molecule has 0 aromatic heterocycles. The number of likely N-dealkylation sites (tertiary alicyclic amines) is 1. The van der Waals surface area contributed by atoms with Crippen molar-refractivity contribution in [3.63, 3.8) is 0 Å². The number of carbonyl (C=O) groups is 2. The van der Waals surface area contributed by atoms with E-state index in [1.807, 2.05) is 0 Å². The summed E-state index contributed by atoms with van der Waals surface area (Å²) in [4.78, 5) is 26.7. The molecule has 1 aliphatic rings. The van der Waals surface area contributed by atoms with Crippen LogP contribution in [0.3, 0.4) is 0 Å². The molecule has 0 aliphatic carbocycles. The highest BCUT2D eigenvalue weighted by molar-refractivity contribution is 6.30. The third-order valence-electron chi connectivity index (χ3n) is 4.35. The lowest BCUT2D eigenvalue weighted by atomic mass is 10.1. The van der Waals surface area contributed by atoms with Crippen molar-refractivity contribution in [1.82, 2.24) is 10.2 Å². The molecule has 0 spiro atoms. The lowest BCUT2D eigenvalue weighted by Crippen LogP contribution is -2.52. The summed E-state index contributed by atoms with van der Waals surface area (Å²) in [6.45, 7) is 7.27. The van der Waals surface area contributed by atoms with Gasteiger partial charge in [-0.15, -0.1) is 0 Å². The maximum atomic E-state index is 14.2. The second-order valence-electron chi connectivity index (χ2n) is 7.55. The first-order chi connectivity index (χ1) is 12.5. The standard InChI is InChI=1S/C19H26ClFN2O4/c1-11(12-7-6-8-13(20)15(12)21)22-17(24)16-14(26-5)9-10-23(16)18(25)27-19(2,3)4/h6-8,11,14,16H,9-10H2,1-5H3,(H,22,24)/t11-,14-,16+/m1/s1. The maximum absolute atomic E-state index is 14.2. The van der Waals surface area contributed by atoms with Gasteiger partial charge in [0.2, 0.25) is 5.91 Å². The van der Waals surface area contributed by atoms with E-state index < -0.39 is 41.6 Å². The van der Waals surface area contributed by atoms with Crippen molar-refractivity contribution in [2.75, 3.05) is 13.7 Å². The highest BCUT2D eigenvalue weighted by atomic mass is 35.5. The van der Waals surface area contributed by atoms with Crippen molar-refractivity contribution in [1.29, 1.82) is 0 Å². The van der Waals surface area contributed by atoms with Gasteiger partial charge in [0.05, 0.1) is 17.2 Å². The molecule has 0 bridgehead atoms. The number of carbonyl (C=O) groups excluding carboxylic acids is 2. The zero-order valence-electron chi connectivity index (χ0n) is 16.2. The molecular formula is C19H26ClFN2O4. The molecule has 6 nitrogen and oxygen atoms in total. The van der Waals surface area contributed by atoms with Crippen LogP contribution >= 0.6 is 11.6 Å². The SMILES string of the molecule is CO[C@@H]1CCN(C(=O)OC(C)(C)C)[C@@H]1C(=O)N[C@H](C)c1cccc(Cl)c1F. The summed E-state index contributed by atoms with van der Waals surface area (Å²) in [6.07, 6.45) is -0.536. The van der Waals surface area contributed by atoms with Crippen molar-refractivity contribution in [3.8, 4) is 0 Å². The van der Waals surface area contributed by atoms with E-state index in [-0.39, 0.29) is 10.6 Å². The number of rotatable bonds is 4. The van der Waals surface area contributed by atoms with Crippen LogP contribution in [0.15, 0.2) is 18.2 Å². The number of hydrogen-bond acceptors (Lipinski definition) is 4. The number of hydrogen-bond donors (Lipinski definition) is 1. The van der Waals surface area contributed by atoms with Crippen LogP contribution in [0.5, 0.6) is 0 Å². The largest absolute Gasteiger partial charge is 0.444 e. The Kier molecular flexibility index (Phi) is 6.70. The van der Waals surface area contributed by atoms with E-state index in [1.165, 1.54) is 18.1 Å². The Morgan fingerprint density at radius 2 is 2.04 bits per heavy atom. The minimum Gasteiger partial charge on any atom is -0.444 e. The monoisotopic (exact) mass is 400 g/mol. The molecule has 0 radical (unpaired) electrons. The Labute approximate surface area is 163 Å². The van der Waals surface area contributed by atoms with E-state index in [2.05, 4.69) is 5.32 Å². The Morgan fingerprint density at radius 1 is 1.37 bits per heavy atom. The lowest BCUT2D eigenvalue weighted by Gasteiger charge is -2.30. The van der Waals surface area contributed by atoms with E-state index in [1.54, 1.807) is 39.8 Å². The molecule has 0 saturated carbocycles. The van der Waals surface area contributed by atoms with Gasteiger partial charge in [0.25, 0.3) is 0 Å². The molecule has 1 aromatic carbocycles. The zero-order valence-corrected chi connectivity index (χ0v) is 17.0. The normalized spacial score (nSPS) is 21.1.